The molecule has 0 aliphatic heterocycles. The van der Waals surface area contributed by atoms with Crippen LogP contribution < -0.4 is 5.32 Å². The Morgan fingerprint density at radius 1 is 1.11 bits per heavy atom. The van der Waals surface area contributed by atoms with E-state index in [2.05, 4.69) is 23.7 Å². The fourth-order valence-corrected chi connectivity index (χ4v) is 3.51. The third kappa shape index (κ3) is 2.33. The highest BCUT2D eigenvalue weighted by molar-refractivity contribution is 7.10. The molecule has 0 aliphatic rings. The quantitative estimate of drug-likeness (QED) is 0.878. The van der Waals surface area contributed by atoms with E-state index in [0.717, 1.165) is 11.1 Å². The predicted molar refractivity (Wildman–Crippen MR) is 75.8 cm³/mol. The van der Waals surface area contributed by atoms with E-state index in [-0.39, 0.29) is 11.9 Å². The van der Waals surface area contributed by atoms with Crippen LogP contribution >= 0.6 is 11.3 Å². The van der Waals surface area contributed by atoms with Crippen LogP contribution in [-0.4, -0.2) is 7.05 Å². The first-order chi connectivity index (χ1) is 8.54. The van der Waals surface area contributed by atoms with Gasteiger partial charge in [-0.2, -0.15) is 0 Å². The molecule has 18 heavy (non-hydrogen) atoms. The van der Waals surface area contributed by atoms with E-state index >= 15 is 0 Å². The van der Waals surface area contributed by atoms with Crippen molar-refractivity contribution in [2.45, 2.75) is 26.8 Å². The maximum absolute atomic E-state index is 13.4. The van der Waals surface area contributed by atoms with E-state index in [0.29, 0.717) is 0 Å². The number of aryl methyl sites for hydroxylation is 3. The summed E-state index contributed by atoms with van der Waals surface area (Å²) in [4.78, 5) is 1.30. The molecule has 1 unspecified atom stereocenters. The molecule has 1 atom stereocenters. The van der Waals surface area contributed by atoms with Crippen molar-refractivity contribution in [3.05, 3.63) is 56.5 Å². The molecule has 0 amide bonds. The van der Waals surface area contributed by atoms with Gasteiger partial charge in [0.2, 0.25) is 0 Å². The van der Waals surface area contributed by atoms with E-state index in [4.69, 9.17) is 0 Å². The summed E-state index contributed by atoms with van der Waals surface area (Å²) in [6.45, 7) is 6.06. The monoisotopic (exact) mass is 263 g/mol. The largest absolute Gasteiger partial charge is 0.309 e. The van der Waals surface area contributed by atoms with E-state index in [1.54, 1.807) is 23.5 Å². The van der Waals surface area contributed by atoms with Crippen LogP contribution in [0.3, 0.4) is 0 Å². The summed E-state index contributed by atoms with van der Waals surface area (Å²) >= 11 is 1.74. The average molecular weight is 263 g/mol. The van der Waals surface area contributed by atoms with Gasteiger partial charge in [0.25, 0.3) is 0 Å². The molecule has 2 aromatic rings. The third-order valence-corrected chi connectivity index (χ3v) is 4.38. The van der Waals surface area contributed by atoms with Crippen LogP contribution in [0.15, 0.2) is 23.6 Å². The van der Waals surface area contributed by atoms with Crippen LogP contribution in [0.2, 0.25) is 0 Å². The summed E-state index contributed by atoms with van der Waals surface area (Å²) in [5.74, 6) is -0.161. The number of halogens is 1. The van der Waals surface area contributed by atoms with Crippen LogP contribution in [0.4, 0.5) is 4.39 Å². The summed E-state index contributed by atoms with van der Waals surface area (Å²) in [7, 11) is 1.95. The zero-order chi connectivity index (χ0) is 13.3. The van der Waals surface area contributed by atoms with Gasteiger partial charge >= 0.3 is 0 Å². The van der Waals surface area contributed by atoms with Gasteiger partial charge in [-0.25, -0.2) is 4.39 Å². The number of rotatable bonds is 3. The number of thiophene rings is 1. The summed E-state index contributed by atoms with van der Waals surface area (Å²) in [5.41, 5.74) is 4.46. The van der Waals surface area contributed by atoms with Crippen LogP contribution in [0.1, 0.15) is 33.2 Å². The van der Waals surface area contributed by atoms with Crippen molar-refractivity contribution in [3.8, 4) is 0 Å². The lowest BCUT2D eigenvalue weighted by Crippen LogP contribution is -2.19. The second kappa shape index (κ2) is 5.21. The number of nitrogens with one attached hydrogen (secondary N) is 1. The Morgan fingerprint density at radius 3 is 2.17 bits per heavy atom. The highest BCUT2D eigenvalue weighted by Gasteiger charge is 2.19. The third-order valence-electron chi connectivity index (χ3n) is 3.30. The van der Waals surface area contributed by atoms with Crippen molar-refractivity contribution in [2.75, 3.05) is 7.05 Å². The SMILES string of the molecule is CNC(c1sccc1C)c1c(C)cc(F)cc1C. The van der Waals surface area contributed by atoms with Gasteiger partial charge in [0.1, 0.15) is 5.82 Å². The molecule has 0 fully saturated rings. The topological polar surface area (TPSA) is 12.0 Å². The first-order valence-corrected chi connectivity index (χ1v) is 6.90. The van der Waals surface area contributed by atoms with Gasteiger partial charge in [0, 0.05) is 4.88 Å². The van der Waals surface area contributed by atoms with Crippen molar-refractivity contribution in [3.63, 3.8) is 0 Å². The van der Waals surface area contributed by atoms with Gasteiger partial charge in [-0.15, -0.1) is 11.3 Å². The summed E-state index contributed by atoms with van der Waals surface area (Å²) < 4.78 is 13.4. The van der Waals surface area contributed by atoms with Crippen molar-refractivity contribution >= 4 is 11.3 Å². The Hall–Kier alpha value is -1.19. The van der Waals surface area contributed by atoms with Gasteiger partial charge in [0.05, 0.1) is 6.04 Å². The Labute approximate surface area is 112 Å². The first-order valence-electron chi connectivity index (χ1n) is 6.02. The van der Waals surface area contributed by atoms with Crippen molar-refractivity contribution in [1.82, 2.24) is 5.32 Å². The highest BCUT2D eigenvalue weighted by atomic mass is 32.1. The fraction of sp³-hybridized carbons (Fsp3) is 0.333. The van der Waals surface area contributed by atoms with Gasteiger partial charge in [0.15, 0.2) is 0 Å². The van der Waals surface area contributed by atoms with Crippen LogP contribution in [0, 0.1) is 26.6 Å². The molecular weight excluding hydrogens is 245 g/mol. The lowest BCUT2D eigenvalue weighted by Gasteiger charge is -2.21. The van der Waals surface area contributed by atoms with Gasteiger partial charge < -0.3 is 5.32 Å². The maximum atomic E-state index is 13.4. The van der Waals surface area contributed by atoms with Gasteiger partial charge in [-0.3, -0.25) is 0 Å². The van der Waals surface area contributed by atoms with Crippen LogP contribution in [0.25, 0.3) is 0 Å². The van der Waals surface area contributed by atoms with Crippen LogP contribution in [-0.2, 0) is 0 Å². The lowest BCUT2D eigenvalue weighted by atomic mass is 9.94. The predicted octanol–water partition coefficient (Wildman–Crippen LogP) is 4.12. The second-order valence-electron chi connectivity index (χ2n) is 4.64. The molecular formula is C15H18FNS. The molecule has 0 aliphatic carbocycles. The fourth-order valence-electron chi connectivity index (χ4n) is 2.46. The smallest absolute Gasteiger partial charge is 0.123 e. The standard InChI is InChI=1S/C15H18FNS/c1-9-5-6-18-15(9)14(17-4)13-10(2)7-12(16)8-11(13)3/h5-8,14,17H,1-4H3. The van der Waals surface area contributed by atoms with E-state index in [1.807, 2.05) is 20.9 Å². The number of hydrogen-bond donors (Lipinski definition) is 1. The Balaban J connectivity index is 2.56. The summed E-state index contributed by atoms with van der Waals surface area (Å²) in [6, 6.07) is 5.48. The molecule has 0 spiro atoms. The summed E-state index contributed by atoms with van der Waals surface area (Å²) in [5, 5.41) is 5.45. The van der Waals surface area contributed by atoms with E-state index in [1.165, 1.54) is 16.0 Å². The molecule has 0 saturated carbocycles. The maximum Gasteiger partial charge on any atom is 0.123 e. The Bertz CT molecular complexity index is 536. The highest BCUT2D eigenvalue weighted by Crippen LogP contribution is 2.33. The molecule has 0 bridgehead atoms. The van der Waals surface area contributed by atoms with Crippen molar-refractivity contribution in [2.24, 2.45) is 0 Å². The molecule has 1 aromatic carbocycles. The number of benzene rings is 1. The average Bonchev–Trinajstić information content (AvgIpc) is 2.69. The van der Waals surface area contributed by atoms with Crippen LogP contribution in [0.5, 0.6) is 0 Å². The molecule has 3 heteroatoms. The van der Waals surface area contributed by atoms with Gasteiger partial charge in [-0.05, 0) is 73.7 Å². The molecule has 0 saturated heterocycles. The minimum atomic E-state index is -0.161. The zero-order valence-corrected chi connectivity index (χ0v) is 12.0. The van der Waals surface area contributed by atoms with Gasteiger partial charge in [-0.1, -0.05) is 0 Å². The van der Waals surface area contributed by atoms with Crippen molar-refractivity contribution in [1.29, 1.82) is 0 Å². The lowest BCUT2D eigenvalue weighted by molar-refractivity contribution is 0.619. The minimum Gasteiger partial charge on any atom is -0.309 e. The normalized spacial score (nSPS) is 12.7. The second-order valence-corrected chi connectivity index (χ2v) is 5.59. The first kappa shape index (κ1) is 13.2. The molecule has 2 rings (SSSR count). The molecule has 96 valence electrons. The Kier molecular flexibility index (Phi) is 3.83. The summed E-state index contributed by atoms with van der Waals surface area (Å²) in [6.07, 6.45) is 0. The molecule has 1 heterocycles. The van der Waals surface area contributed by atoms with E-state index < -0.39 is 0 Å². The minimum absolute atomic E-state index is 0.144. The molecule has 0 radical (unpaired) electrons. The van der Waals surface area contributed by atoms with Crippen molar-refractivity contribution < 1.29 is 4.39 Å². The zero-order valence-electron chi connectivity index (χ0n) is 11.2. The molecule has 1 nitrogen and oxygen atoms in total. The van der Waals surface area contributed by atoms with E-state index in [9.17, 15) is 4.39 Å². The number of hydrogen-bond acceptors (Lipinski definition) is 2. The Morgan fingerprint density at radius 2 is 1.72 bits per heavy atom. The molecule has 1 aromatic heterocycles. The molecule has 1 N–H and O–H groups in total.